The van der Waals surface area contributed by atoms with Crippen molar-refractivity contribution in [2.24, 2.45) is 5.41 Å². The van der Waals surface area contributed by atoms with Gasteiger partial charge >= 0.3 is 0 Å². The van der Waals surface area contributed by atoms with Crippen molar-refractivity contribution in [3.8, 4) is 0 Å². The molecule has 0 atom stereocenters. The number of rotatable bonds is 9. The predicted octanol–water partition coefficient (Wildman–Crippen LogP) is 6.01. The summed E-state index contributed by atoms with van der Waals surface area (Å²) in [4.78, 5) is 0. The molecule has 0 saturated heterocycles. The quantitative estimate of drug-likeness (QED) is 0.468. The van der Waals surface area contributed by atoms with Gasteiger partial charge in [0, 0.05) is 0 Å². The zero-order valence-corrected chi connectivity index (χ0v) is 12.5. The van der Waals surface area contributed by atoms with E-state index in [0.717, 1.165) is 0 Å². The van der Waals surface area contributed by atoms with E-state index < -0.39 is 0 Å². The van der Waals surface area contributed by atoms with Crippen molar-refractivity contribution in [2.75, 3.05) is 0 Å². The fourth-order valence-corrected chi connectivity index (χ4v) is 2.46. The van der Waals surface area contributed by atoms with Crippen LogP contribution in [0, 0.1) is 5.41 Å². The molecule has 0 aliphatic heterocycles. The van der Waals surface area contributed by atoms with Crippen LogP contribution in [0.2, 0.25) is 0 Å². The van der Waals surface area contributed by atoms with Crippen molar-refractivity contribution >= 4 is 0 Å². The lowest BCUT2D eigenvalue weighted by Gasteiger charge is -2.24. The summed E-state index contributed by atoms with van der Waals surface area (Å²) in [5.41, 5.74) is 1.98. The van der Waals surface area contributed by atoms with Crippen LogP contribution in [-0.4, -0.2) is 0 Å². The van der Waals surface area contributed by atoms with Crippen LogP contribution < -0.4 is 0 Å². The summed E-state index contributed by atoms with van der Waals surface area (Å²) in [6.07, 6.45) is 10.9. The molecule has 0 heterocycles. The van der Waals surface area contributed by atoms with Crippen molar-refractivity contribution in [1.82, 2.24) is 0 Å². The van der Waals surface area contributed by atoms with E-state index >= 15 is 0 Å². The molecule has 0 aliphatic rings. The molecule has 1 rings (SSSR count). The molecule has 0 heteroatoms. The Labute approximate surface area is 114 Å². The number of hydrogen-bond donors (Lipinski definition) is 0. The van der Waals surface area contributed by atoms with Gasteiger partial charge in [-0.1, -0.05) is 83.2 Å². The minimum absolute atomic E-state index is 0.502. The summed E-state index contributed by atoms with van der Waals surface area (Å²) >= 11 is 0. The molecule has 1 aromatic rings. The third-order valence-corrected chi connectivity index (χ3v) is 3.89. The smallest absolute Gasteiger partial charge is 0.0274 e. The van der Waals surface area contributed by atoms with Gasteiger partial charge in [-0.05, 0) is 30.2 Å². The van der Waals surface area contributed by atoms with Crippen molar-refractivity contribution in [3.05, 3.63) is 35.9 Å². The molecule has 0 unspecified atom stereocenters. The van der Waals surface area contributed by atoms with Gasteiger partial charge in [-0.25, -0.2) is 0 Å². The van der Waals surface area contributed by atoms with Gasteiger partial charge in [0.05, 0.1) is 0 Å². The zero-order chi connectivity index (χ0) is 13.3. The van der Waals surface area contributed by atoms with Gasteiger partial charge in [0.1, 0.15) is 0 Å². The number of unbranched alkanes of at least 4 members (excludes halogenated alkanes) is 4. The van der Waals surface area contributed by atoms with Crippen LogP contribution in [0.4, 0.5) is 0 Å². The Bertz CT molecular complexity index is 297. The molecule has 0 amide bonds. The lowest BCUT2D eigenvalue weighted by molar-refractivity contribution is 0.294. The third kappa shape index (κ3) is 6.83. The summed E-state index contributed by atoms with van der Waals surface area (Å²) in [5, 5.41) is 0. The molecule has 1 aromatic carbocycles. The van der Waals surface area contributed by atoms with Gasteiger partial charge < -0.3 is 0 Å². The fourth-order valence-electron chi connectivity index (χ4n) is 2.46. The Morgan fingerprint density at radius 2 is 1.50 bits per heavy atom. The van der Waals surface area contributed by atoms with Crippen LogP contribution in [0.1, 0.15) is 71.3 Å². The van der Waals surface area contributed by atoms with Crippen molar-refractivity contribution in [1.29, 1.82) is 0 Å². The highest BCUT2D eigenvalue weighted by Gasteiger charge is 2.16. The second-order valence-corrected chi connectivity index (χ2v) is 6.31. The van der Waals surface area contributed by atoms with Crippen LogP contribution in [0.15, 0.2) is 30.3 Å². The minimum atomic E-state index is 0.502. The van der Waals surface area contributed by atoms with E-state index in [-0.39, 0.29) is 0 Å². The molecule has 0 radical (unpaired) electrons. The summed E-state index contributed by atoms with van der Waals surface area (Å²) in [7, 11) is 0. The van der Waals surface area contributed by atoms with E-state index in [1.807, 2.05) is 0 Å². The van der Waals surface area contributed by atoms with Gasteiger partial charge in [-0.15, -0.1) is 0 Å². The average molecular weight is 246 g/mol. The monoisotopic (exact) mass is 246 g/mol. The fraction of sp³-hybridized carbons (Fsp3) is 0.667. The third-order valence-electron chi connectivity index (χ3n) is 3.89. The maximum absolute atomic E-state index is 2.43. The molecule has 0 aromatic heterocycles. The highest BCUT2D eigenvalue weighted by molar-refractivity contribution is 5.14. The van der Waals surface area contributed by atoms with Gasteiger partial charge in [0.2, 0.25) is 0 Å². The molecular weight excluding hydrogens is 216 g/mol. The highest BCUT2D eigenvalue weighted by Crippen LogP contribution is 2.29. The Hall–Kier alpha value is -0.780. The second-order valence-electron chi connectivity index (χ2n) is 6.31. The van der Waals surface area contributed by atoms with Crippen LogP contribution >= 0.6 is 0 Å². The largest absolute Gasteiger partial charge is 0.0654 e. The summed E-state index contributed by atoms with van der Waals surface area (Å²) < 4.78 is 0. The molecule has 0 nitrogen and oxygen atoms in total. The van der Waals surface area contributed by atoms with Crippen molar-refractivity contribution in [3.63, 3.8) is 0 Å². The first-order valence-electron chi connectivity index (χ1n) is 7.68. The van der Waals surface area contributed by atoms with Crippen LogP contribution in [0.3, 0.4) is 0 Å². The van der Waals surface area contributed by atoms with Gasteiger partial charge in [0.15, 0.2) is 0 Å². The molecule has 0 bridgehead atoms. The van der Waals surface area contributed by atoms with Crippen molar-refractivity contribution < 1.29 is 0 Å². The van der Waals surface area contributed by atoms with E-state index in [1.165, 1.54) is 56.9 Å². The Morgan fingerprint density at radius 3 is 2.17 bits per heavy atom. The summed E-state index contributed by atoms with van der Waals surface area (Å²) in [6, 6.07) is 10.9. The maximum atomic E-state index is 2.43. The molecule has 0 aliphatic carbocycles. The van der Waals surface area contributed by atoms with E-state index in [9.17, 15) is 0 Å². The highest BCUT2D eigenvalue weighted by atomic mass is 14.2. The molecule has 0 saturated carbocycles. The first-order chi connectivity index (χ1) is 8.64. The standard InChI is InChI=1S/C18H30/c1-4-5-6-7-11-15-18(2,3)16-14-17-12-9-8-10-13-17/h8-10,12-13H,4-7,11,14-16H2,1-3H3. The van der Waals surface area contributed by atoms with Crippen molar-refractivity contribution in [2.45, 2.75) is 72.1 Å². The normalized spacial score (nSPS) is 11.7. The molecule has 18 heavy (non-hydrogen) atoms. The second kappa shape index (κ2) is 8.34. The summed E-state index contributed by atoms with van der Waals surface area (Å²) in [6.45, 7) is 7.13. The lowest BCUT2D eigenvalue weighted by atomic mass is 9.81. The van der Waals surface area contributed by atoms with Crippen LogP contribution in [0.5, 0.6) is 0 Å². The molecular formula is C18H30. The minimum Gasteiger partial charge on any atom is -0.0654 e. The van der Waals surface area contributed by atoms with Crippen LogP contribution in [-0.2, 0) is 6.42 Å². The zero-order valence-electron chi connectivity index (χ0n) is 12.5. The number of benzene rings is 1. The van der Waals surface area contributed by atoms with Gasteiger partial charge in [-0.3, -0.25) is 0 Å². The molecule has 102 valence electrons. The first kappa shape index (κ1) is 15.3. The number of hydrogen-bond acceptors (Lipinski definition) is 0. The Balaban J connectivity index is 2.19. The van der Waals surface area contributed by atoms with E-state index in [4.69, 9.17) is 0 Å². The van der Waals surface area contributed by atoms with E-state index in [2.05, 4.69) is 51.1 Å². The number of aryl methyl sites for hydroxylation is 1. The SMILES string of the molecule is CCCCCCCC(C)(C)CCc1ccccc1. The van der Waals surface area contributed by atoms with Crippen LogP contribution in [0.25, 0.3) is 0 Å². The molecule has 0 fully saturated rings. The Kier molecular flexibility index (Phi) is 7.08. The average Bonchev–Trinajstić information content (AvgIpc) is 2.38. The van der Waals surface area contributed by atoms with E-state index in [1.54, 1.807) is 0 Å². The molecule has 0 N–H and O–H groups in total. The molecule has 0 spiro atoms. The first-order valence-corrected chi connectivity index (χ1v) is 7.68. The maximum Gasteiger partial charge on any atom is -0.0274 e. The predicted molar refractivity (Wildman–Crippen MR) is 81.9 cm³/mol. The topological polar surface area (TPSA) is 0 Å². The Morgan fingerprint density at radius 1 is 0.833 bits per heavy atom. The van der Waals surface area contributed by atoms with Gasteiger partial charge in [-0.2, -0.15) is 0 Å². The van der Waals surface area contributed by atoms with Gasteiger partial charge in [0.25, 0.3) is 0 Å². The van der Waals surface area contributed by atoms with E-state index in [0.29, 0.717) is 5.41 Å². The lowest BCUT2D eigenvalue weighted by Crippen LogP contribution is -2.12. The summed E-state index contributed by atoms with van der Waals surface area (Å²) in [5.74, 6) is 0.